The highest BCUT2D eigenvalue weighted by molar-refractivity contribution is 5.95. The summed E-state index contributed by atoms with van der Waals surface area (Å²) in [5, 5.41) is 0. The summed E-state index contributed by atoms with van der Waals surface area (Å²) < 4.78 is 39.5. The summed E-state index contributed by atoms with van der Waals surface area (Å²) in [6.45, 7) is 3.34. The molecule has 1 fully saturated rings. The van der Waals surface area contributed by atoms with Crippen LogP contribution in [0, 0.1) is 0 Å². The standard InChI is InChI=1S/C42H39F3N4O2/c43-42(44,45)37-20-16-32(17-21-37)19-23-40(50)49(31-35-18-22-38(46-29-35)36-14-8-3-9-15-36)39(28-33-10-4-1-5-11-33)41(51)48-26-24-47(25-27-48)30-34-12-6-2-7-13-34/h1-23,29,39H,24-28,30-31H2/b23-19+/t39-/m0/s1. The lowest BCUT2D eigenvalue weighted by atomic mass is 10.0. The van der Waals surface area contributed by atoms with E-state index in [1.807, 2.05) is 95.9 Å². The number of rotatable bonds is 11. The van der Waals surface area contributed by atoms with E-state index in [9.17, 15) is 22.8 Å². The minimum Gasteiger partial charge on any atom is -0.338 e. The first kappa shape index (κ1) is 35.3. The van der Waals surface area contributed by atoms with E-state index in [0.717, 1.165) is 41.1 Å². The van der Waals surface area contributed by atoms with Crippen LogP contribution in [0.1, 0.15) is 27.8 Å². The Labute approximate surface area is 296 Å². The maximum absolute atomic E-state index is 14.5. The number of halogens is 3. The van der Waals surface area contributed by atoms with Crippen LogP contribution in [0.4, 0.5) is 13.2 Å². The fourth-order valence-corrected chi connectivity index (χ4v) is 6.23. The molecule has 0 spiro atoms. The Kier molecular flexibility index (Phi) is 11.4. The van der Waals surface area contributed by atoms with Gasteiger partial charge in [0.1, 0.15) is 6.04 Å². The summed E-state index contributed by atoms with van der Waals surface area (Å²) >= 11 is 0. The summed E-state index contributed by atoms with van der Waals surface area (Å²) in [6.07, 6.45) is 0.362. The van der Waals surface area contributed by atoms with Crippen molar-refractivity contribution in [3.63, 3.8) is 0 Å². The van der Waals surface area contributed by atoms with Gasteiger partial charge in [-0.15, -0.1) is 0 Å². The number of benzene rings is 4. The fourth-order valence-electron chi connectivity index (χ4n) is 6.23. The van der Waals surface area contributed by atoms with E-state index in [0.29, 0.717) is 38.2 Å². The first-order valence-electron chi connectivity index (χ1n) is 17.0. The largest absolute Gasteiger partial charge is 0.416 e. The minimum atomic E-state index is -4.46. The zero-order chi connectivity index (χ0) is 35.6. The number of carbonyl (C=O) groups is 2. The van der Waals surface area contributed by atoms with E-state index >= 15 is 0 Å². The van der Waals surface area contributed by atoms with Gasteiger partial charge in [-0.3, -0.25) is 19.5 Å². The van der Waals surface area contributed by atoms with Crippen LogP contribution in [0.3, 0.4) is 0 Å². The van der Waals surface area contributed by atoms with E-state index < -0.39 is 23.7 Å². The molecule has 0 saturated carbocycles. The number of amides is 2. The van der Waals surface area contributed by atoms with Crippen molar-refractivity contribution < 1.29 is 22.8 Å². The first-order chi connectivity index (χ1) is 24.7. The van der Waals surface area contributed by atoms with Gasteiger partial charge in [0, 0.05) is 63.5 Å². The Morgan fingerprint density at radius 2 is 1.33 bits per heavy atom. The summed E-state index contributed by atoms with van der Waals surface area (Å²) in [5.74, 6) is -0.581. The molecule has 1 aliphatic rings. The number of carbonyl (C=O) groups excluding carboxylic acids is 2. The molecule has 1 saturated heterocycles. The predicted octanol–water partition coefficient (Wildman–Crippen LogP) is 7.77. The molecular formula is C42H39F3N4O2. The van der Waals surface area contributed by atoms with Crippen molar-refractivity contribution in [1.82, 2.24) is 19.7 Å². The summed E-state index contributed by atoms with van der Waals surface area (Å²) in [4.78, 5) is 39.1. The lowest BCUT2D eigenvalue weighted by Gasteiger charge is -2.39. The van der Waals surface area contributed by atoms with Crippen LogP contribution in [-0.2, 0) is 35.3 Å². The maximum Gasteiger partial charge on any atom is 0.416 e. The second-order valence-electron chi connectivity index (χ2n) is 12.6. The highest BCUT2D eigenvalue weighted by Crippen LogP contribution is 2.29. The van der Waals surface area contributed by atoms with Crippen molar-refractivity contribution in [2.24, 2.45) is 0 Å². The van der Waals surface area contributed by atoms with Crippen LogP contribution in [0.15, 0.2) is 140 Å². The van der Waals surface area contributed by atoms with Crippen LogP contribution < -0.4 is 0 Å². The van der Waals surface area contributed by atoms with Crippen LogP contribution in [-0.4, -0.2) is 63.7 Å². The number of nitrogens with zero attached hydrogens (tertiary/aromatic N) is 4. The van der Waals surface area contributed by atoms with E-state index in [2.05, 4.69) is 22.0 Å². The smallest absolute Gasteiger partial charge is 0.338 e. The van der Waals surface area contributed by atoms with Crippen molar-refractivity contribution in [1.29, 1.82) is 0 Å². The molecule has 6 rings (SSSR count). The highest BCUT2D eigenvalue weighted by atomic mass is 19.4. The molecule has 2 heterocycles. The summed E-state index contributed by atoms with van der Waals surface area (Å²) in [5.41, 5.74) is 4.26. The van der Waals surface area contributed by atoms with Crippen molar-refractivity contribution >= 4 is 17.9 Å². The molecule has 6 nitrogen and oxygen atoms in total. The third-order valence-corrected chi connectivity index (χ3v) is 9.05. The van der Waals surface area contributed by atoms with Crippen molar-refractivity contribution in [3.05, 3.63) is 167 Å². The van der Waals surface area contributed by atoms with Gasteiger partial charge < -0.3 is 9.80 Å². The third-order valence-electron chi connectivity index (χ3n) is 9.05. The van der Waals surface area contributed by atoms with Crippen LogP contribution >= 0.6 is 0 Å². The molecule has 260 valence electrons. The normalized spacial score (nSPS) is 14.4. The van der Waals surface area contributed by atoms with Gasteiger partial charge in [-0.05, 0) is 46.5 Å². The predicted molar refractivity (Wildman–Crippen MR) is 193 cm³/mol. The van der Waals surface area contributed by atoms with Gasteiger partial charge >= 0.3 is 6.18 Å². The van der Waals surface area contributed by atoms with Crippen molar-refractivity contribution in [3.8, 4) is 11.3 Å². The molecule has 0 N–H and O–H groups in total. The molecule has 1 atom stereocenters. The summed E-state index contributed by atoms with van der Waals surface area (Å²) in [6, 6.07) is 37.1. The van der Waals surface area contributed by atoms with Gasteiger partial charge in [-0.25, -0.2) is 0 Å². The Morgan fingerprint density at radius 1 is 0.725 bits per heavy atom. The number of hydrogen-bond acceptors (Lipinski definition) is 4. The monoisotopic (exact) mass is 688 g/mol. The summed E-state index contributed by atoms with van der Waals surface area (Å²) in [7, 11) is 0. The number of hydrogen-bond donors (Lipinski definition) is 0. The minimum absolute atomic E-state index is 0.107. The topological polar surface area (TPSA) is 56.8 Å². The molecule has 2 amide bonds. The van der Waals surface area contributed by atoms with E-state index in [4.69, 9.17) is 0 Å². The van der Waals surface area contributed by atoms with Gasteiger partial charge in [0.15, 0.2) is 0 Å². The van der Waals surface area contributed by atoms with E-state index in [1.165, 1.54) is 29.8 Å². The molecule has 0 radical (unpaired) electrons. The molecule has 5 aromatic rings. The molecular weight excluding hydrogens is 649 g/mol. The SMILES string of the molecule is O=C([C@H](Cc1ccccc1)N(Cc1ccc(-c2ccccc2)nc1)C(=O)/C=C/c1ccc(C(F)(F)F)cc1)N1CCN(Cc2ccccc2)CC1. The van der Waals surface area contributed by atoms with Gasteiger partial charge in [0.25, 0.3) is 0 Å². The lowest BCUT2D eigenvalue weighted by molar-refractivity contribution is -0.145. The van der Waals surface area contributed by atoms with Crippen molar-refractivity contribution in [2.45, 2.75) is 31.7 Å². The van der Waals surface area contributed by atoms with Crippen molar-refractivity contribution in [2.75, 3.05) is 26.2 Å². The van der Waals surface area contributed by atoms with Crippen LogP contribution in [0.2, 0.25) is 0 Å². The molecule has 0 bridgehead atoms. The Hall–Kier alpha value is -5.54. The maximum atomic E-state index is 14.5. The quantitative estimate of drug-likeness (QED) is 0.133. The number of piperazine rings is 1. The number of alkyl halides is 3. The fraction of sp³-hybridized carbons (Fsp3) is 0.214. The van der Waals surface area contributed by atoms with Gasteiger partial charge in [0.2, 0.25) is 11.8 Å². The zero-order valence-corrected chi connectivity index (χ0v) is 28.1. The zero-order valence-electron chi connectivity index (χ0n) is 28.1. The highest BCUT2D eigenvalue weighted by Gasteiger charge is 2.34. The third kappa shape index (κ3) is 9.58. The van der Waals surface area contributed by atoms with Crippen LogP contribution in [0.25, 0.3) is 17.3 Å². The second-order valence-corrected chi connectivity index (χ2v) is 12.6. The average molecular weight is 689 g/mol. The molecule has 1 aromatic heterocycles. The Morgan fingerprint density at radius 3 is 1.92 bits per heavy atom. The second kappa shape index (κ2) is 16.4. The molecule has 9 heteroatoms. The Balaban J connectivity index is 1.28. The van der Waals surface area contributed by atoms with Gasteiger partial charge in [0.05, 0.1) is 11.3 Å². The van der Waals surface area contributed by atoms with Crippen LogP contribution in [0.5, 0.6) is 0 Å². The molecule has 0 aliphatic carbocycles. The lowest BCUT2D eigenvalue weighted by Crippen LogP contribution is -2.56. The average Bonchev–Trinajstić information content (AvgIpc) is 3.16. The van der Waals surface area contributed by atoms with Gasteiger partial charge in [-0.1, -0.05) is 109 Å². The first-order valence-corrected chi connectivity index (χ1v) is 17.0. The molecule has 51 heavy (non-hydrogen) atoms. The van der Waals surface area contributed by atoms with E-state index in [1.54, 1.807) is 11.1 Å². The molecule has 1 aliphatic heterocycles. The molecule has 4 aromatic carbocycles. The number of pyridine rings is 1. The van der Waals surface area contributed by atoms with Gasteiger partial charge in [-0.2, -0.15) is 13.2 Å². The number of aromatic nitrogens is 1. The molecule has 0 unspecified atom stereocenters. The van der Waals surface area contributed by atoms with E-state index in [-0.39, 0.29) is 12.5 Å². The Bertz CT molecular complexity index is 1890.